The maximum absolute atomic E-state index is 11.1. The van der Waals surface area contributed by atoms with Gasteiger partial charge in [-0.2, -0.15) is 0 Å². The molecular weight excluding hydrogens is 202 g/mol. The van der Waals surface area contributed by atoms with Gasteiger partial charge in [0, 0.05) is 12.0 Å². The van der Waals surface area contributed by atoms with Crippen LogP contribution in [0.3, 0.4) is 0 Å². The molecule has 3 heteroatoms. The van der Waals surface area contributed by atoms with Gasteiger partial charge < -0.3 is 5.73 Å². The SMILES string of the molecule is CC(=O)c1ccc(C(C)(C)CC(N)=O)cc1. The number of hydrogen-bond donors (Lipinski definition) is 1. The second-order valence-corrected chi connectivity index (χ2v) is 4.66. The molecule has 0 bridgehead atoms. The molecule has 1 aromatic carbocycles. The van der Waals surface area contributed by atoms with Crippen molar-refractivity contribution < 1.29 is 9.59 Å². The number of ketones is 1. The lowest BCUT2D eigenvalue weighted by atomic mass is 9.81. The average molecular weight is 219 g/mol. The van der Waals surface area contributed by atoms with E-state index < -0.39 is 0 Å². The number of rotatable bonds is 4. The van der Waals surface area contributed by atoms with Crippen molar-refractivity contribution in [1.82, 2.24) is 0 Å². The molecule has 0 aromatic heterocycles. The first-order valence-corrected chi connectivity index (χ1v) is 5.23. The molecule has 0 unspecified atom stereocenters. The van der Waals surface area contributed by atoms with Gasteiger partial charge in [-0.25, -0.2) is 0 Å². The highest BCUT2D eigenvalue weighted by atomic mass is 16.1. The molecule has 0 spiro atoms. The van der Waals surface area contributed by atoms with E-state index in [0.29, 0.717) is 12.0 Å². The minimum Gasteiger partial charge on any atom is -0.370 e. The maximum Gasteiger partial charge on any atom is 0.218 e. The monoisotopic (exact) mass is 219 g/mol. The zero-order valence-corrected chi connectivity index (χ0v) is 9.91. The van der Waals surface area contributed by atoms with E-state index in [1.54, 1.807) is 12.1 Å². The van der Waals surface area contributed by atoms with Crippen LogP contribution in [0.5, 0.6) is 0 Å². The van der Waals surface area contributed by atoms with Crippen molar-refractivity contribution in [2.45, 2.75) is 32.6 Å². The van der Waals surface area contributed by atoms with Crippen LogP contribution in [0.2, 0.25) is 0 Å². The molecule has 86 valence electrons. The van der Waals surface area contributed by atoms with Gasteiger partial charge in [0.15, 0.2) is 5.78 Å². The number of hydrogen-bond acceptors (Lipinski definition) is 2. The Labute approximate surface area is 95.6 Å². The Kier molecular flexibility index (Phi) is 3.48. The van der Waals surface area contributed by atoms with Crippen LogP contribution in [0, 0.1) is 0 Å². The predicted molar refractivity (Wildman–Crippen MR) is 63.3 cm³/mol. The normalized spacial score (nSPS) is 11.2. The van der Waals surface area contributed by atoms with E-state index in [1.165, 1.54) is 6.92 Å². The van der Waals surface area contributed by atoms with Crippen molar-refractivity contribution in [3.05, 3.63) is 35.4 Å². The Balaban J connectivity index is 2.96. The fraction of sp³-hybridized carbons (Fsp3) is 0.385. The molecular formula is C13H17NO2. The first kappa shape index (κ1) is 12.4. The summed E-state index contributed by atoms with van der Waals surface area (Å²) in [6, 6.07) is 7.31. The van der Waals surface area contributed by atoms with E-state index in [1.807, 2.05) is 26.0 Å². The third-order valence-corrected chi connectivity index (χ3v) is 2.69. The molecule has 0 aliphatic carbocycles. The van der Waals surface area contributed by atoms with Crippen molar-refractivity contribution in [2.75, 3.05) is 0 Å². The van der Waals surface area contributed by atoms with Crippen molar-refractivity contribution in [2.24, 2.45) is 5.73 Å². The summed E-state index contributed by atoms with van der Waals surface area (Å²) in [5.74, 6) is -0.278. The largest absolute Gasteiger partial charge is 0.370 e. The smallest absolute Gasteiger partial charge is 0.218 e. The lowest BCUT2D eigenvalue weighted by Gasteiger charge is -2.23. The van der Waals surface area contributed by atoms with Crippen LogP contribution in [0.15, 0.2) is 24.3 Å². The number of carbonyl (C=O) groups is 2. The van der Waals surface area contributed by atoms with E-state index in [0.717, 1.165) is 5.56 Å². The lowest BCUT2D eigenvalue weighted by Crippen LogP contribution is -2.26. The molecule has 1 aromatic rings. The van der Waals surface area contributed by atoms with Gasteiger partial charge in [0.05, 0.1) is 0 Å². The van der Waals surface area contributed by atoms with Crippen LogP contribution in [-0.4, -0.2) is 11.7 Å². The highest BCUT2D eigenvalue weighted by Gasteiger charge is 2.22. The molecule has 0 saturated carbocycles. The Hall–Kier alpha value is -1.64. The fourth-order valence-corrected chi connectivity index (χ4v) is 1.69. The molecule has 1 amide bonds. The fourth-order valence-electron chi connectivity index (χ4n) is 1.69. The van der Waals surface area contributed by atoms with E-state index in [2.05, 4.69) is 0 Å². The molecule has 0 radical (unpaired) electrons. The van der Waals surface area contributed by atoms with Gasteiger partial charge >= 0.3 is 0 Å². The van der Waals surface area contributed by atoms with Crippen molar-refractivity contribution in [3.63, 3.8) is 0 Å². The second kappa shape index (κ2) is 4.47. The summed E-state index contributed by atoms with van der Waals surface area (Å²) < 4.78 is 0. The van der Waals surface area contributed by atoms with Gasteiger partial charge in [0.25, 0.3) is 0 Å². The molecule has 2 N–H and O–H groups in total. The van der Waals surface area contributed by atoms with Gasteiger partial charge in [-0.3, -0.25) is 9.59 Å². The van der Waals surface area contributed by atoms with Crippen LogP contribution < -0.4 is 5.73 Å². The maximum atomic E-state index is 11.1. The highest BCUT2D eigenvalue weighted by Crippen LogP contribution is 2.26. The lowest BCUT2D eigenvalue weighted by molar-refractivity contribution is -0.119. The number of Topliss-reactive ketones (excluding diaryl/α,β-unsaturated/α-hetero) is 1. The van der Waals surface area contributed by atoms with Crippen molar-refractivity contribution >= 4 is 11.7 Å². The van der Waals surface area contributed by atoms with E-state index in [9.17, 15) is 9.59 Å². The van der Waals surface area contributed by atoms with Gasteiger partial charge in [-0.05, 0) is 17.9 Å². The van der Waals surface area contributed by atoms with Crippen molar-refractivity contribution in [1.29, 1.82) is 0 Å². The van der Waals surface area contributed by atoms with Gasteiger partial charge in [0.2, 0.25) is 5.91 Å². The van der Waals surface area contributed by atoms with E-state index in [-0.39, 0.29) is 17.1 Å². The van der Waals surface area contributed by atoms with Crippen LogP contribution in [0.25, 0.3) is 0 Å². The highest BCUT2D eigenvalue weighted by molar-refractivity contribution is 5.94. The molecule has 1 rings (SSSR count). The summed E-state index contributed by atoms with van der Waals surface area (Å²) in [6.45, 7) is 5.45. The zero-order chi connectivity index (χ0) is 12.3. The third-order valence-electron chi connectivity index (χ3n) is 2.69. The minimum absolute atomic E-state index is 0.0410. The van der Waals surface area contributed by atoms with Crippen molar-refractivity contribution in [3.8, 4) is 0 Å². The minimum atomic E-state index is -0.319. The van der Waals surface area contributed by atoms with Crippen LogP contribution in [0.1, 0.15) is 43.1 Å². The third kappa shape index (κ3) is 2.92. The summed E-state index contributed by atoms with van der Waals surface area (Å²) in [4.78, 5) is 22.0. The molecule has 16 heavy (non-hydrogen) atoms. The van der Waals surface area contributed by atoms with Gasteiger partial charge in [0.1, 0.15) is 0 Å². The molecule has 3 nitrogen and oxygen atoms in total. The topological polar surface area (TPSA) is 60.2 Å². The molecule has 0 heterocycles. The summed E-state index contributed by atoms with van der Waals surface area (Å²) >= 11 is 0. The predicted octanol–water partition coefficient (Wildman–Crippen LogP) is 2.04. The Morgan fingerprint density at radius 2 is 1.69 bits per heavy atom. The molecule has 0 aliphatic rings. The first-order chi connectivity index (χ1) is 7.33. The Bertz CT molecular complexity index is 404. The van der Waals surface area contributed by atoms with Gasteiger partial charge in [-0.15, -0.1) is 0 Å². The summed E-state index contributed by atoms with van der Waals surface area (Å²) in [6.07, 6.45) is 0.298. The number of amides is 1. The first-order valence-electron chi connectivity index (χ1n) is 5.23. The molecule has 0 fully saturated rings. The summed E-state index contributed by atoms with van der Waals surface area (Å²) in [7, 11) is 0. The summed E-state index contributed by atoms with van der Waals surface area (Å²) in [5.41, 5.74) is 6.60. The molecule has 0 saturated heterocycles. The standard InChI is InChI=1S/C13H17NO2/c1-9(15)10-4-6-11(7-5-10)13(2,3)8-12(14)16/h4-7H,8H2,1-3H3,(H2,14,16). The number of carbonyl (C=O) groups excluding carboxylic acids is 2. The van der Waals surface area contributed by atoms with E-state index in [4.69, 9.17) is 5.73 Å². The van der Waals surface area contributed by atoms with E-state index >= 15 is 0 Å². The zero-order valence-electron chi connectivity index (χ0n) is 9.91. The van der Waals surface area contributed by atoms with Crippen LogP contribution >= 0.6 is 0 Å². The number of nitrogens with two attached hydrogens (primary N) is 1. The van der Waals surface area contributed by atoms with Crippen LogP contribution in [0.4, 0.5) is 0 Å². The Morgan fingerprint density at radius 3 is 2.06 bits per heavy atom. The average Bonchev–Trinajstić information content (AvgIpc) is 2.16. The molecule has 0 aliphatic heterocycles. The van der Waals surface area contributed by atoms with Crippen LogP contribution in [-0.2, 0) is 10.2 Å². The number of benzene rings is 1. The quantitative estimate of drug-likeness (QED) is 0.788. The van der Waals surface area contributed by atoms with Gasteiger partial charge in [-0.1, -0.05) is 38.1 Å². The Morgan fingerprint density at radius 1 is 1.19 bits per heavy atom. The molecule has 0 atom stereocenters. The second-order valence-electron chi connectivity index (χ2n) is 4.66. The number of primary amides is 1. The summed E-state index contributed by atoms with van der Waals surface area (Å²) in [5, 5.41) is 0.